The van der Waals surface area contributed by atoms with Crippen molar-refractivity contribution in [2.24, 2.45) is 5.41 Å². The fraction of sp³-hybridized carbons (Fsp3) is 0.571. The molecule has 0 nitrogen and oxygen atoms in total. The second-order valence-corrected chi connectivity index (χ2v) is 9.33. The molecule has 0 aromatic heterocycles. The van der Waals surface area contributed by atoms with E-state index in [9.17, 15) is 0 Å². The third kappa shape index (κ3) is 2.82. The average molecular weight is 321 g/mol. The SMILES string of the molecule is CC(C)(C)C1(c2cc(Cl)cc(Cl)c2)SCCCS1. The van der Waals surface area contributed by atoms with Crippen LogP contribution >= 0.6 is 46.7 Å². The minimum atomic E-state index is 0.0553. The third-order valence-electron chi connectivity index (χ3n) is 3.13. The maximum absolute atomic E-state index is 6.18. The van der Waals surface area contributed by atoms with Crippen molar-refractivity contribution < 1.29 is 0 Å². The molecule has 18 heavy (non-hydrogen) atoms. The van der Waals surface area contributed by atoms with E-state index in [1.807, 2.05) is 23.5 Å². The summed E-state index contributed by atoms with van der Waals surface area (Å²) in [5, 5.41) is 1.46. The molecule has 0 bridgehead atoms. The topological polar surface area (TPSA) is 0 Å². The molecule has 0 amide bonds. The maximum Gasteiger partial charge on any atom is 0.0909 e. The summed E-state index contributed by atoms with van der Waals surface area (Å²) in [5.41, 5.74) is 1.42. The third-order valence-corrected chi connectivity index (χ3v) is 7.77. The quantitative estimate of drug-likeness (QED) is 0.616. The average Bonchev–Trinajstić information content (AvgIpc) is 2.27. The van der Waals surface area contributed by atoms with E-state index in [1.54, 1.807) is 6.07 Å². The minimum Gasteiger partial charge on any atom is -0.139 e. The molecule has 1 saturated heterocycles. The van der Waals surface area contributed by atoms with Crippen LogP contribution in [0.4, 0.5) is 0 Å². The summed E-state index contributed by atoms with van der Waals surface area (Å²) in [6.45, 7) is 6.90. The molecule has 0 aliphatic carbocycles. The Labute approximate surface area is 128 Å². The van der Waals surface area contributed by atoms with Crippen molar-refractivity contribution in [1.82, 2.24) is 0 Å². The molecule has 1 heterocycles. The Morgan fingerprint density at radius 3 is 1.94 bits per heavy atom. The van der Waals surface area contributed by atoms with Crippen LogP contribution in [0.25, 0.3) is 0 Å². The van der Waals surface area contributed by atoms with Crippen LogP contribution in [-0.4, -0.2) is 11.5 Å². The first-order valence-electron chi connectivity index (χ1n) is 6.10. The fourth-order valence-corrected chi connectivity index (χ4v) is 6.44. The first-order chi connectivity index (χ1) is 8.35. The minimum absolute atomic E-state index is 0.0553. The van der Waals surface area contributed by atoms with Gasteiger partial charge in [-0.15, -0.1) is 23.5 Å². The van der Waals surface area contributed by atoms with E-state index in [4.69, 9.17) is 23.2 Å². The van der Waals surface area contributed by atoms with Gasteiger partial charge in [-0.1, -0.05) is 44.0 Å². The molecule has 2 rings (SSSR count). The van der Waals surface area contributed by atoms with Gasteiger partial charge in [0.2, 0.25) is 0 Å². The number of thioether (sulfide) groups is 2. The van der Waals surface area contributed by atoms with Gasteiger partial charge in [-0.3, -0.25) is 0 Å². The predicted octanol–water partition coefficient (Wildman–Crippen LogP) is 6.06. The lowest BCUT2D eigenvalue weighted by Crippen LogP contribution is -2.36. The van der Waals surface area contributed by atoms with E-state index in [0.717, 1.165) is 10.0 Å². The molecule has 1 aliphatic heterocycles. The Bertz CT molecular complexity index is 412. The zero-order chi connectivity index (χ0) is 13.4. The van der Waals surface area contributed by atoms with E-state index in [1.165, 1.54) is 23.5 Å². The first kappa shape index (κ1) is 14.9. The van der Waals surface area contributed by atoms with Crippen molar-refractivity contribution in [1.29, 1.82) is 0 Å². The highest BCUT2D eigenvalue weighted by Gasteiger charge is 2.46. The van der Waals surface area contributed by atoms with Gasteiger partial charge in [-0.05, 0) is 47.1 Å². The van der Waals surface area contributed by atoms with Gasteiger partial charge in [0.25, 0.3) is 0 Å². The van der Waals surface area contributed by atoms with Crippen molar-refractivity contribution in [2.75, 3.05) is 11.5 Å². The molecular formula is C14H18Cl2S2. The van der Waals surface area contributed by atoms with Crippen molar-refractivity contribution in [2.45, 2.75) is 31.3 Å². The molecule has 0 atom stereocenters. The maximum atomic E-state index is 6.18. The number of rotatable bonds is 1. The van der Waals surface area contributed by atoms with Crippen LogP contribution in [-0.2, 0) is 4.08 Å². The number of hydrogen-bond donors (Lipinski definition) is 0. The monoisotopic (exact) mass is 320 g/mol. The van der Waals surface area contributed by atoms with E-state index < -0.39 is 0 Å². The zero-order valence-corrected chi connectivity index (χ0v) is 14.1. The molecule has 1 fully saturated rings. The predicted molar refractivity (Wildman–Crippen MR) is 87.1 cm³/mol. The summed E-state index contributed by atoms with van der Waals surface area (Å²) in [7, 11) is 0. The smallest absolute Gasteiger partial charge is 0.0909 e. The van der Waals surface area contributed by atoms with Gasteiger partial charge >= 0.3 is 0 Å². The Kier molecular flexibility index (Phi) is 4.53. The molecule has 100 valence electrons. The van der Waals surface area contributed by atoms with Gasteiger partial charge in [-0.2, -0.15) is 0 Å². The Balaban J connectivity index is 2.52. The molecule has 0 unspecified atom stereocenters. The molecule has 0 saturated carbocycles. The Hall–Kier alpha value is 0.500. The van der Waals surface area contributed by atoms with E-state index in [-0.39, 0.29) is 9.49 Å². The van der Waals surface area contributed by atoms with E-state index in [2.05, 4.69) is 32.9 Å². The first-order valence-corrected chi connectivity index (χ1v) is 8.82. The molecular weight excluding hydrogens is 303 g/mol. The highest BCUT2D eigenvalue weighted by atomic mass is 35.5. The highest BCUT2D eigenvalue weighted by molar-refractivity contribution is 8.18. The van der Waals surface area contributed by atoms with Crippen molar-refractivity contribution in [3.05, 3.63) is 33.8 Å². The molecule has 1 aromatic rings. The summed E-state index contributed by atoms with van der Waals surface area (Å²) >= 11 is 16.4. The van der Waals surface area contributed by atoms with Crippen molar-refractivity contribution >= 4 is 46.7 Å². The van der Waals surface area contributed by atoms with Gasteiger partial charge < -0.3 is 0 Å². The molecule has 4 heteroatoms. The number of hydrogen-bond acceptors (Lipinski definition) is 2. The molecule has 1 aromatic carbocycles. The van der Waals surface area contributed by atoms with Crippen molar-refractivity contribution in [3.63, 3.8) is 0 Å². The van der Waals surface area contributed by atoms with Crippen LogP contribution in [0.3, 0.4) is 0 Å². The molecule has 0 radical (unpaired) electrons. The largest absolute Gasteiger partial charge is 0.139 e. The van der Waals surface area contributed by atoms with Crippen LogP contribution in [0, 0.1) is 5.41 Å². The summed E-state index contributed by atoms with van der Waals surface area (Å²) in [4.78, 5) is 0. The fourth-order valence-electron chi connectivity index (χ4n) is 2.31. The number of benzene rings is 1. The second-order valence-electron chi connectivity index (χ2n) is 5.58. The second kappa shape index (κ2) is 5.47. The molecule has 0 spiro atoms. The highest BCUT2D eigenvalue weighted by Crippen LogP contribution is 2.60. The van der Waals surface area contributed by atoms with Crippen LogP contribution < -0.4 is 0 Å². The summed E-state index contributed by atoms with van der Waals surface area (Å²) in [6, 6.07) is 5.95. The summed E-state index contributed by atoms with van der Waals surface area (Å²) < 4.78 is 0.0553. The van der Waals surface area contributed by atoms with E-state index in [0.29, 0.717) is 0 Å². The normalized spacial score (nSPS) is 19.8. The van der Waals surface area contributed by atoms with Gasteiger partial charge in [0.1, 0.15) is 0 Å². The lowest BCUT2D eigenvalue weighted by atomic mass is 9.86. The molecule has 1 aliphatic rings. The standard InChI is InChI=1S/C14H18Cl2S2/c1-13(2,3)14(17-5-4-6-18-14)10-7-11(15)9-12(16)8-10/h7-9H,4-6H2,1-3H3. The Morgan fingerprint density at radius 1 is 1.00 bits per heavy atom. The van der Waals surface area contributed by atoms with Crippen LogP contribution in [0.15, 0.2) is 18.2 Å². The molecule has 0 N–H and O–H groups in total. The lowest BCUT2D eigenvalue weighted by Gasteiger charge is -2.46. The van der Waals surface area contributed by atoms with E-state index >= 15 is 0 Å². The lowest BCUT2D eigenvalue weighted by molar-refractivity contribution is 0.371. The number of halogens is 2. The Morgan fingerprint density at radius 2 is 1.50 bits per heavy atom. The zero-order valence-electron chi connectivity index (χ0n) is 10.9. The van der Waals surface area contributed by atoms with Gasteiger partial charge in [-0.25, -0.2) is 0 Å². The van der Waals surface area contributed by atoms with Gasteiger partial charge in [0.15, 0.2) is 0 Å². The summed E-state index contributed by atoms with van der Waals surface area (Å²) in [5.74, 6) is 2.41. The van der Waals surface area contributed by atoms with Crippen molar-refractivity contribution in [3.8, 4) is 0 Å². The van der Waals surface area contributed by atoms with Crippen LogP contribution in [0.5, 0.6) is 0 Å². The summed E-state index contributed by atoms with van der Waals surface area (Å²) in [6.07, 6.45) is 1.28. The van der Waals surface area contributed by atoms with Gasteiger partial charge in [0, 0.05) is 10.0 Å². The van der Waals surface area contributed by atoms with Crippen LogP contribution in [0.2, 0.25) is 10.0 Å². The van der Waals surface area contributed by atoms with Crippen LogP contribution in [0.1, 0.15) is 32.8 Å². The van der Waals surface area contributed by atoms with Gasteiger partial charge in [0.05, 0.1) is 4.08 Å².